The first kappa shape index (κ1) is 29.4. The second kappa shape index (κ2) is 13.7. The lowest BCUT2D eigenvalue weighted by Crippen LogP contribution is -2.38. The van der Waals surface area contributed by atoms with Crippen LogP contribution in [-0.4, -0.2) is 78.6 Å². The number of morpholine rings is 1. The molecule has 0 amide bonds. The van der Waals surface area contributed by atoms with Crippen LogP contribution in [0.5, 0.6) is 28.7 Å². The zero-order valence-corrected chi connectivity index (χ0v) is 25.1. The van der Waals surface area contributed by atoms with Gasteiger partial charge in [-0.2, -0.15) is 0 Å². The van der Waals surface area contributed by atoms with Crippen LogP contribution in [-0.2, 0) is 4.74 Å². The summed E-state index contributed by atoms with van der Waals surface area (Å²) in [5, 5.41) is 1.17. The maximum absolute atomic E-state index is 13.4. The summed E-state index contributed by atoms with van der Waals surface area (Å²) in [5.74, 6) is 2.41. The lowest BCUT2D eigenvalue weighted by atomic mass is 10.0. The van der Waals surface area contributed by atoms with Crippen molar-refractivity contribution >= 4 is 33.3 Å². The van der Waals surface area contributed by atoms with E-state index in [2.05, 4.69) is 23.1 Å². The summed E-state index contributed by atoms with van der Waals surface area (Å²) < 4.78 is 35.2. The fourth-order valence-corrected chi connectivity index (χ4v) is 5.97. The van der Waals surface area contributed by atoms with E-state index in [4.69, 9.17) is 28.4 Å². The summed E-state index contributed by atoms with van der Waals surface area (Å²) in [6.45, 7) is 4.42. The van der Waals surface area contributed by atoms with Crippen molar-refractivity contribution < 1.29 is 33.2 Å². The maximum Gasteiger partial charge on any atom is 0.203 e. The molecule has 1 aromatic heterocycles. The Hall–Kier alpha value is -4.05. The van der Waals surface area contributed by atoms with Crippen LogP contribution in [0.4, 0.5) is 0 Å². The van der Waals surface area contributed by atoms with E-state index < -0.39 is 0 Å². The predicted molar refractivity (Wildman–Crippen MR) is 166 cm³/mol. The van der Waals surface area contributed by atoms with Crippen LogP contribution >= 0.6 is 11.3 Å². The summed E-state index contributed by atoms with van der Waals surface area (Å²) in [7, 11) is 6.33. The minimum Gasteiger partial charge on any atom is -0.496 e. The minimum absolute atomic E-state index is 0.215. The van der Waals surface area contributed by atoms with Gasteiger partial charge in [0.1, 0.15) is 18.1 Å². The molecule has 0 spiro atoms. The molecule has 42 heavy (non-hydrogen) atoms. The van der Waals surface area contributed by atoms with Crippen LogP contribution in [0.3, 0.4) is 0 Å². The van der Waals surface area contributed by atoms with E-state index in [9.17, 15) is 4.79 Å². The van der Waals surface area contributed by atoms with E-state index in [0.29, 0.717) is 40.9 Å². The first-order valence-corrected chi connectivity index (χ1v) is 14.5. The number of nitrogens with zero attached hydrogens (tertiary/aromatic N) is 1. The Bertz CT molecular complexity index is 1510. The molecule has 0 unspecified atom stereocenters. The van der Waals surface area contributed by atoms with Crippen LogP contribution in [0.2, 0.25) is 0 Å². The van der Waals surface area contributed by atoms with Crippen molar-refractivity contribution in [1.29, 1.82) is 0 Å². The fraction of sp³-hybridized carbons (Fsp3) is 0.303. The van der Waals surface area contributed by atoms with Gasteiger partial charge in [0.05, 0.1) is 41.7 Å². The number of ether oxygens (including phenoxy) is 6. The van der Waals surface area contributed by atoms with Gasteiger partial charge in [-0.3, -0.25) is 9.69 Å². The van der Waals surface area contributed by atoms with Gasteiger partial charge in [-0.25, -0.2) is 0 Å². The molecule has 0 aliphatic carbocycles. The third-order valence-corrected chi connectivity index (χ3v) is 8.31. The number of allylic oxidation sites excluding steroid dienone is 1. The average Bonchev–Trinajstić information content (AvgIpc) is 3.47. The number of hydrogen-bond acceptors (Lipinski definition) is 9. The number of methoxy groups -OCH3 is 4. The number of benzene rings is 3. The quantitative estimate of drug-likeness (QED) is 0.143. The molecule has 2 heterocycles. The molecule has 0 atom stereocenters. The predicted octanol–water partition coefficient (Wildman–Crippen LogP) is 6.21. The molecule has 0 bridgehead atoms. The summed E-state index contributed by atoms with van der Waals surface area (Å²) in [4.78, 5) is 16.7. The van der Waals surface area contributed by atoms with Crippen LogP contribution in [0.25, 0.3) is 26.6 Å². The Labute approximate surface area is 250 Å². The third kappa shape index (κ3) is 6.54. The molecule has 1 aliphatic rings. The van der Waals surface area contributed by atoms with Crippen molar-refractivity contribution in [3.63, 3.8) is 0 Å². The molecule has 1 aliphatic heterocycles. The highest BCUT2D eigenvalue weighted by atomic mass is 32.1. The molecule has 0 N–H and O–H groups in total. The van der Waals surface area contributed by atoms with E-state index in [-0.39, 0.29) is 5.78 Å². The van der Waals surface area contributed by atoms with Crippen molar-refractivity contribution in [2.75, 3.05) is 67.9 Å². The minimum atomic E-state index is -0.215. The Kier molecular flexibility index (Phi) is 9.63. The van der Waals surface area contributed by atoms with E-state index in [1.807, 2.05) is 24.3 Å². The molecular formula is C33H35NO7S. The van der Waals surface area contributed by atoms with Crippen molar-refractivity contribution in [2.45, 2.75) is 0 Å². The normalized spacial score (nSPS) is 13.8. The number of fused-ring (bicyclic) bond motifs is 1. The Morgan fingerprint density at radius 3 is 2.24 bits per heavy atom. The standard InChI is InChI=1S/C33H35NO7S/c1-36-27-21-28(37-2)25(32-20-23-7-5-6-8-31(23)42-32)17-22(27)9-10-26(35)24-18-29(38-3)33(30(19-24)39-4)41-16-13-34-11-14-40-15-12-34/h5-10,17-21H,11-16H2,1-4H3. The number of hydrogen-bond donors (Lipinski definition) is 0. The van der Waals surface area contributed by atoms with Crippen molar-refractivity contribution in [2.24, 2.45) is 0 Å². The molecule has 220 valence electrons. The molecule has 9 heteroatoms. The smallest absolute Gasteiger partial charge is 0.203 e. The highest BCUT2D eigenvalue weighted by molar-refractivity contribution is 7.22. The van der Waals surface area contributed by atoms with E-state index in [1.165, 1.54) is 16.2 Å². The molecule has 3 aromatic carbocycles. The number of carbonyl (C=O) groups is 1. The van der Waals surface area contributed by atoms with Gasteiger partial charge in [0.15, 0.2) is 17.3 Å². The number of rotatable bonds is 12. The number of carbonyl (C=O) groups excluding carboxylic acids is 1. The summed E-state index contributed by atoms with van der Waals surface area (Å²) in [6, 6.07) is 17.6. The zero-order valence-electron chi connectivity index (χ0n) is 24.3. The van der Waals surface area contributed by atoms with E-state index in [1.54, 1.807) is 58.0 Å². The SMILES string of the molecule is COc1cc(OC)c(-c2cc3ccccc3s2)cc1C=CC(=O)c1cc(OC)c(OCCN2CCOCC2)c(OC)c1. The zero-order chi connectivity index (χ0) is 29.5. The molecular weight excluding hydrogens is 554 g/mol. The fourth-order valence-electron chi connectivity index (χ4n) is 4.89. The van der Waals surface area contributed by atoms with Gasteiger partial charge in [-0.1, -0.05) is 18.2 Å². The topological polar surface area (TPSA) is 75.7 Å². The van der Waals surface area contributed by atoms with Crippen molar-refractivity contribution in [3.05, 3.63) is 71.8 Å². The number of thiophene rings is 1. The summed E-state index contributed by atoms with van der Waals surface area (Å²) in [6.07, 6.45) is 3.27. The highest BCUT2D eigenvalue weighted by Gasteiger charge is 2.19. The molecule has 5 rings (SSSR count). The maximum atomic E-state index is 13.4. The monoisotopic (exact) mass is 589 g/mol. The Balaban J connectivity index is 1.39. The van der Waals surface area contributed by atoms with Gasteiger partial charge in [0.25, 0.3) is 0 Å². The van der Waals surface area contributed by atoms with Crippen LogP contribution in [0.15, 0.2) is 60.7 Å². The first-order valence-electron chi connectivity index (χ1n) is 13.7. The first-order chi connectivity index (χ1) is 20.5. The molecule has 8 nitrogen and oxygen atoms in total. The van der Waals surface area contributed by atoms with Gasteiger partial charge >= 0.3 is 0 Å². The largest absolute Gasteiger partial charge is 0.496 e. The Morgan fingerprint density at radius 1 is 0.881 bits per heavy atom. The van der Waals surface area contributed by atoms with Crippen LogP contribution < -0.4 is 23.7 Å². The molecule has 0 saturated carbocycles. The second-order valence-electron chi connectivity index (χ2n) is 9.65. The Morgan fingerprint density at radius 2 is 1.57 bits per heavy atom. The average molecular weight is 590 g/mol. The van der Waals surface area contributed by atoms with Gasteiger partial charge in [0, 0.05) is 52.0 Å². The van der Waals surface area contributed by atoms with Crippen LogP contribution in [0.1, 0.15) is 15.9 Å². The second-order valence-corrected chi connectivity index (χ2v) is 10.7. The molecule has 4 aromatic rings. The van der Waals surface area contributed by atoms with Crippen molar-refractivity contribution in [1.82, 2.24) is 4.90 Å². The van der Waals surface area contributed by atoms with Crippen molar-refractivity contribution in [3.8, 4) is 39.2 Å². The van der Waals surface area contributed by atoms with E-state index >= 15 is 0 Å². The van der Waals surface area contributed by atoms with Crippen LogP contribution in [0, 0.1) is 0 Å². The molecule has 1 saturated heterocycles. The summed E-state index contributed by atoms with van der Waals surface area (Å²) >= 11 is 1.69. The number of ketones is 1. The third-order valence-electron chi connectivity index (χ3n) is 7.16. The van der Waals surface area contributed by atoms with Gasteiger partial charge in [-0.05, 0) is 47.9 Å². The highest BCUT2D eigenvalue weighted by Crippen LogP contribution is 2.42. The molecule has 0 radical (unpaired) electrons. The summed E-state index contributed by atoms with van der Waals surface area (Å²) in [5.41, 5.74) is 2.09. The van der Waals surface area contributed by atoms with Gasteiger partial charge in [-0.15, -0.1) is 11.3 Å². The van der Waals surface area contributed by atoms with E-state index in [0.717, 1.165) is 48.9 Å². The lowest BCUT2D eigenvalue weighted by molar-refractivity contribution is 0.0319. The molecule has 1 fully saturated rings. The van der Waals surface area contributed by atoms with Gasteiger partial charge < -0.3 is 28.4 Å². The van der Waals surface area contributed by atoms with Gasteiger partial charge in [0.2, 0.25) is 5.75 Å². The lowest BCUT2D eigenvalue weighted by Gasteiger charge is -2.26.